The predicted octanol–water partition coefficient (Wildman–Crippen LogP) is 4.46. The predicted molar refractivity (Wildman–Crippen MR) is 111 cm³/mol. The van der Waals surface area contributed by atoms with E-state index in [1.165, 1.54) is 0 Å². The molecule has 1 atom stereocenters. The van der Waals surface area contributed by atoms with Gasteiger partial charge in [0.05, 0.1) is 18.7 Å². The van der Waals surface area contributed by atoms with Crippen LogP contribution >= 0.6 is 15.9 Å². The van der Waals surface area contributed by atoms with Crippen molar-refractivity contribution >= 4 is 33.3 Å². The van der Waals surface area contributed by atoms with E-state index in [1.807, 2.05) is 36.4 Å². The van der Waals surface area contributed by atoms with Crippen LogP contribution in [0.5, 0.6) is 0 Å². The van der Waals surface area contributed by atoms with Crippen molar-refractivity contribution in [1.29, 1.82) is 0 Å². The second-order valence-electron chi connectivity index (χ2n) is 6.86. The molecule has 140 valence electrons. The molecule has 28 heavy (non-hydrogen) atoms. The summed E-state index contributed by atoms with van der Waals surface area (Å²) < 4.78 is 0.953. The van der Waals surface area contributed by atoms with E-state index in [9.17, 15) is 14.7 Å². The lowest BCUT2D eigenvalue weighted by atomic mass is 9.88. The van der Waals surface area contributed by atoms with Gasteiger partial charge in [-0.1, -0.05) is 76.6 Å². The Bertz CT molecular complexity index is 1030. The second kappa shape index (κ2) is 7.34. The van der Waals surface area contributed by atoms with E-state index in [4.69, 9.17) is 0 Å². The van der Waals surface area contributed by atoms with Gasteiger partial charge in [-0.15, -0.1) is 0 Å². The summed E-state index contributed by atoms with van der Waals surface area (Å²) in [5, 5.41) is 11.3. The monoisotopic (exact) mass is 435 g/mol. The summed E-state index contributed by atoms with van der Waals surface area (Å²) in [6, 6.07) is 23.5. The van der Waals surface area contributed by atoms with Crippen LogP contribution in [-0.2, 0) is 16.9 Å². The van der Waals surface area contributed by atoms with Crippen LogP contribution in [-0.4, -0.2) is 16.8 Å². The normalized spacial score (nSPS) is 18.2. The van der Waals surface area contributed by atoms with E-state index in [2.05, 4.69) is 15.9 Å². The highest BCUT2D eigenvalue weighted by Crippen LogP contribution is 2.43. The van der Waals surface area contributed by atoms with Crippen LogP contribution in [0.3, 0.4) is 0 Å². The topological polar surface area (TPSA) is 57.6 Å². The van der Waals surface area contributed by atoms with Crippen LogP contribution in [0.15, 0.2) is 83.3 Å². The largest absolute Gasteiger partial charge is 0.375 e. The number of aliphatic hydroxyl groups is 1. The molecule has 4 rings (SSSR count). The minimum Gasteiger partial charge on any atom is -0.375 e. The molecule has 0 bridgehead atoms. The maximum atomic E-state index is 13.2. The van der Waals surface area contributed by atoms with Gasteiger partial charge in [0.2, 0.25) is 0 Å². The zero-order chi connectivity index (χ0) is 19.7. The number of amides is 1. The van der Waals surface area contributed by atoms with E-state index in [0.29, 0.717) is 23.4 Å². The van der Waals surface area contributed by atoms with Crippen molar-refractivity contribution in [2.24, 2.45) is 0 Å². The minimum absolute atomic E-state index is 0.267. The van der Waals surface area contributed by atoms with Gasteiger partial charge in [-0.2, -0.15) is 0 Å². The van der Waals surface area contributed by atoms with Crippen LogP contribution in [0.1, 0.15) is 27.9 Å². The van der Waals surface area contributed by atoms with Gasteiger partial charge in [-0.05, 0) is 23.8 Å². The van der Waals surface area contributed by atoms with Gasteiger partial charge < -0.3 is 10.0 Å². The number of fused-ring (bicyclic) bond motifs is 1. The van der Waals surface area contributed by atoms with Gasteiger partial charge in [-0.25, -0.2) is 0 Å². The number of para-hydroxylation sites is 1. The minimum atomic E-state index is -1.86. The van der Waals surface area contributed by atoms with Crippen molar-refractivity contribution in [3.8, 4) is 0 Å². The van der Waals surface area contributed by atoms with Gasteiger partial charge in [0, 0.05) is 15.6 Å². The Kier molecular flexibility index (Phi) is 4.87. The molecule has 0 saturated carbocycles. The van der Waals surface area contributed by atoms with Gasteiger partial charge in [0.15, 0.2) is 11.4 Å². The second-order valence-corrected chi connectivity index (χ2v) is 7.78. The standard InChI is InChI=1S/C23H18BrNO3/c24-18-12-10-16(11-13-18)15-25-20-9-5-4-8-19(20)23(28,22(25)27)14-21(26)17-6-2-1-3-7-17/h1-13,28H,14-15H2/t23-/m1/s1. The number of nitrogens with zero attached hydrogens (tertiary/aromatic N) is 1. The fourth-order valence-electron chi connectivity index (χ4n) is 3.57. The van der Waals surface area contributed by atoms with Crippen molar-refractivity contribution in [3.63, 3.8) is 0 Å². The molecule has 0 fully saturated rings. The first-order valence-electron chi connectivity index (χ1n) is 8.95. The third-order valence-electron chi connectivity index (χ3n) is 5.01. The molecule has 0 saturated heterocycles. The molecule has 1 amide bonds. The number of hydrogen-bond donors (Lipinski definition) is 1. The molecule has 1 heterocycles. The number of carbonyl (C=O) groups excluding carboxylic acids is 2. The van der Waals surface area contributed by atoms with Gasteiger partial charge in [-0.3, -0.25) is 9.59 Å². The quantitative estimate of drug-likeness (QED) is 0.601. The van der Waals surface area contributed by atoms with E-state index in [0.717, 1.165) is 10.0 Å². The molecule has 1 aliphatic rings. The first-order valence-corrected chi connectivity index (χ1v) is 9.75. The summed E-state index contributed by atoms with van der Waals surface area (Å²) in [6.07, 6.45) is -0.288. The lowest BCUT2D eigenvalue weighted by Gasteiger charge is -2.23. The fraction of sp³-hybridized carbons (Fsp3) is 0.130. The number of Topliss-reactive ketones (excluding diaryl/α,β-unsaturated/α-hetero) is 1. The van der Waals surface area contributed by atoms with Gasteiger partial charge >= 0.3 is 0 Å². The molecular weight excluding hydrogens is 418 g/mol. The molecule has 3 aromatic carbocycles. The van der Waals surface area contributed by atoms with E-state index in [-0.39, 0.29) is 12.2 Å². The van der Waals surface area contributed by atoms with Crippen LogP contribution in [0.25, 0.3) is 0 Å². The molecule has 4 nitrogen and oxygen atoms in total. The lowest BCUT2D eigenvalue weighted by molar-refractivity contribution is -0.136. The van der Waals surface area contributed by atoms with Gasteiger partial charge in [0.1, 0.15) is 0 Å². The number of carbonyl (C=O) groups is 2. The molecular formula is C23H18BrNO3. The summed E-state index contributed by atoms with van der Waals surface area (Å²) in [5.41, 5.74) is 0.663. The number of anilines is 1. The molecule has 0 unspecified atom stereocenters. The van der Waals surface area contributed by atoms with E-state index < -0.39 is 11.5 Å². The summed E-state index contributed by atoms with van der Waals surface area (Å²) in [6.45, 7) is 0.324. The Morgan fingerprint density at radius 1 is 0.929 bits per heavy atom. The maximum absolute atomic E-state index is 13.2. The Morgan fingerprint density at radius 3 is 2.29 bits per heavy atom. The molecule has 0 spiro atoms. The summed E-state index contributed by atoms with van der Waals surface area (Å²) >= 11 is 3.41. The average Bonchev–Trinajstić information content (AvgIpc) is 2.92. The third-order valence-corrected chi connectivity index (χ3v) is 5.53. The molecule has 5 heteroatoms. The molecule has 0 radical (unpaired) electrons. The number of benzene rings is 3. The number of halogens is 1. The van der Waals surface area contributed by atoms with E-state index >= 15 is 0 Å². The van der Waals surface area contributed by atoms with Crippen molar-refractivity contribution in [3.05, 3.63) is 100 Å². The molecule has 0 aromatic heterocycles. The molecule has 0 aliphatic carbocycles. The zero-order valence-electron chi connectivity index (χ0n) is 15.0. The highest BCUT2D eigenvalue weighted by atomic mass is 79.9. The SMILES string of the molecule is O=C(C[C@]1(O)C(=O)N(Cc2ccc(Br)cc2)c2ccccc21)c1ccccc1. The number of ketones is 1. The Labute approximate surface area is 171 Å². The fourth-order valence-corrected chi connectivity index (χ4v) is 3.83. The molecule has 1 aliphatic heterocycles. The van der Waals surface area contributed by atoms with Crippen LogP contribution < -0.4 is 4.90 Å². The van der Waals surface area contributed by atoms with E-state index in [1.54, 1.807) is 47.4 Å². The van der Waals surface area contributed by atoms with Crippen molar-refractivity contribution in [2.45, 2.75) is 18.6 Å². The van der Waals surface area contributed by atoms with Crippen LogP contribution in [0, 0.1) is 0 Å². The van der Waals surface area contributed by atoms with Crippen molar-refractivity contribution < 1.29 is 14.7 Å². The Balaban J connectivity index is 1.68. The number of rotatable bonds is 5. The summed E-state index contributed by atoms with van der Waals surface area (Å²) in [7, 11) is 0. The van der Waals surface area contributed by atoms with Crippen molar-refractivity contribution in [1.82, 2.24) is 0 Å². The number of hydrogen-bond acceptors (Lipinski definition) is 3. The summed E-state index contributed by atoms with van der Waals surface area (Å²) in [4.78, 5) is 27.5. The highest BCUT2D eigenvalue weighted by Gasteiger charge is 2.50. The molecule has 1 N–H and O–H groups in total. The first-order chi connectivity index (χ1) is 13.5. The highest BCUT2D eigenvalue weighted by molar-refractivity contribution is 9.10. The average molecular weight is 436 g/mol. The van der Waals surface area contributed by atoms with Crippen LogP contribution in [0.2, 0.25) is 0 Å². The summed E-state index contributed by atoms with van der Waals surface area (Å²) in [5.74, 6) is -0.738. The van der Waals surface area contributed by atoms with Gasteiger partial charge in [0.25, 0.3) is 5.91 Å². The molecule has 3 aromatic rings. The van der Waals surface area contributed by atoms with Crippen LogP contribution in [0.4, 0.5) is 5.69 Å². The zero-order valence-corrected chi connectivity index (χ0v) is 16.6. The smallest absolute Gasteiger partial charge is 0.264 e. The first kappa shape index (κ1) is 18.6. The lowest BCUT2D eigenvalue weighted by Crippen LogP contribution is -2.41. The Hall–Kier alpha value is -2.76. The Morgan fingerprint density at radius 2 is 1.57 bits per heavy atom. The third kappa shape index (κ3) is 3.28. The van der Waals surface area contributed by atoms with Crippen molar-refractivity contribution in [2.75, 3.05) is 4.90 Å². The maximum Gasteiger partial charge on any atom is 0.264 e.